The predicted molar refractivity (Wildman–Crippen MR) is 79.5 cm³/mol. The Morgan fingerprint density at radius 1 is 1.00 bits per heavy atom. The van der Waals surface area contributed by atoms with Crippen molar-refractivity contribution in [1.29, 1.82) is 0 Å². The number of para-hydroxylation sites is 2. The number of aliphatic imine (C=N–C) groups is 1. The molecule has 2 rings (SSSR count). The molecular weight excluding hydrogens is 254 g/mol. The Morgan fingerprint density at radius 3 is 2.35 bits per heavy atom. The van der Waals surface area contributed by atoms with E-state index in [0.29, 0.717) is 17.3 Å². The third kappa shape index (κ3) is 2.89. The Morgan fingerprint density at radius 2 is 1.75 bits per heavy atom. The maximum absolute atomic E-state index is 5.59. The summed E-state index contributed by atoms with van der Waals surface area (Å²) in [4.78, 5) is 4.48. The normalized spacial score (nSPS) is 11.1. The number of rotatable bonds is 4. The van der Waals surface area contributed by atoms with Crippen molar-refractivity contribution < 1.29 is 9.47 Å². The Hall–Kier alpha value is -2.53. The predicted octanol–water partition coefficient (Wildman–Crippen LogP) is 2.25. The molecule has 0 heterocycles. The van der Waals surface area contributed by atoms with Crippen LogP contribution in [0.4, 0.5) is 5.69 Å². The van der Waals surface area contributed by atoms with Gasteiger partial charge in [-0.15, -0.1) is 0 Å². The first-order valence-corrected chi connectivity index (χ1v) is 6.12. The molecule has 0 saturated heterocycles. The standard InChI is InChI=1S/C15H17N3O2/c1-19-13-10-6-9-12(14(13)20-2)15(18-16)17-11-7-4-3-5-8-11/h3-10H,16H2,1-2H3,(H,17,18). The fourth-order valence-electron chi connectivity index (χ4n) is 1.88. The first-order valence-electron chi connectivity index (χ1n) is 6.12. The molecule has 0 spiro atoms. The average molecular weight is 271 g/mol. The molecule has 20 heavy (non-hydrogen) atoms. The van der Waals surface area contributed by atoms with Gasteiger partial charge in [-0.05, 0) is 24.3 Å². The third-order valence-corrected chi connectivity index (χ3v) is 2.79. The summed E-state index contributed by atoms with van der Waals surface area (Å²) in [6, 6.07) is 15.1. The number of methoxy groups -OCH3 is 2. The van der Waals surface area contributed by atoms with Gasteiger partial charge < -0.3 is 14.9 Å². The summed E-state index contributed by atoms with van der Waals surface area (Å²) < 4.78 is 10.7. The van der Waals surface area contributed by atoms with E-state index in [4.69, 9.17) is 15.3 Å². The SMILES string of the molecule is COc1cccc(C(=Nc2ccccc2)NN)c1OC. The second-order valence-electron chi connectivity index (χ2n) is 3.98. The molecule has 5 nitrogen and oxygen atoms in total. The number of nitrogens with one attached hydrogen (secondary N) is 1. The van der Waals surface area contributed by atoms with Gasteiger partial charge in [0.2, 0.25) is 0 Å². The molecule has 2 aromatic carbocycles. The minimum atomic E-state index is 0.506. The molecule has 0 radical (unpaired) electrons. The van der Waals surface area contributed by atoms with Gasteiger partial charge in [-0.25, -0.2) is 10.8 Å². The lowest BCUT2D eigenvalue weighted by molar-refractivity contribution is 0.354. The van der Waals surface area contributed by atoms with Gasteiger partial charge in [-0.3, -0.25) is 0 Å². The maximum Gasteiger partial charge on any atom is 0.171 e. The second-order valence-corrected chi connectivity index (χ2v) is 3.98. The van der Waals surface area contributed by atoms with Crippen LogP contribution in [0.3, 0.4) is 0 Å². The van der Waals surface area contributed by atoms with E-state index in [1.165, 1.54) is 0 Å². The summed E-state index contributed by atoms with van der Waals surface area (Å²) in [7, 11) is 3.17. The number of benzene rings is 2. The number of hydrazine groups is 1. The molecule has 0 atom stereocenters. The largest absolute Gasteiger partial charge is 0.493 e. The van der Waals surface area contributed by atoms with Crippen LogP contribution in [-0.4, -0.2) is 20.1 Å². The van der Waals surface area contributed by atoms with Crippen molar-refractivity contribution in [3.63, 3.8) is 0 Å². The fraction of sp³-hybridized carbons (Fsp3) is 0.133. The average Bonchev–Trinajstić information content (AvgIpc) is 2.52. The molecule has 0 aliphatic carbocycles. The highest BCUT2D eigenvalue weighted by Gasteiger charge is 2.14. The third-order valence-electron chi connectivity index (χ3n) is 2.79. The number of ether oxygens (including phenoxy) is 2. The zero-order valence-corrected chi connectivity index (χ0v) is 11.5. The highest BCUT2D eigenvalue weighted by Crippen LogP contribution is 2.31. The number of amidine groups is 1. The summed E-state index contributed by atoms with van der Waals surface area (Å²) >= 11 is 0. The van der Waals surface area contributed by atoms with Crippen molar-refractivity contribution >= 4 is 11.5 Å². The van der Waals surface area contributed by atoms with Gasteiger partial charge in [0.25, 0.3) is 0 Å². The van der Waals surface area contributed by atoms with Gasteiger partial charge >= 0.3 is 0 Å². The Balaban J connectivity index is 2.50. The van der Waals surface area contributed by atoms with E-state index in [9.17, 15) is 0 Å². The quantitative estimate of drug-likeness (QED) is 0.387. The van der Waals surface area contributed by atoms with Gasteiger partial charge in [0.15, 0.2) is 17.3 Å². The van der Waals surface area contributed by atoms with E-state index in [1.807, 2.05) is 48.5 Å². The zero-order valence-electron chi connectivity index (χ0n) is 11.5. The van der Waals surface area contributed by atoms with E-state index in [-0.39, 0.29) is 0 Å². The fourth-order valence-corrected chi connectivity index (χ4v) is 1.88. The monoisotopic (exact) mass is 271 g/mol. The smallest absolute Gasteiger partial charge is 0.171 e. The summed E-state index contributed by atoms with van der Waals surface area (Å²) in [6.07, 6.45) is 0. The topological polar surface area (TPSA) is 68.9 Å². The van der Waals surface area contributed by atoms with Crippen molar-refractivity contribution in [3.8, 4) is 11.5 Å². The summed E-state index contributed by atoms with van der Waals surface area (Å²) in [5, 5.41) is 0. The van der Waals surface area contributed by atoms with E-state index in [1.54, 1.807) is 14.2 Å². The van der Waals surface area contributed by atoms with E-state index >= 15 is 0 Å². The Kier molecular flexibility index (Phi) is 4.57. The van der Waals surface area contributed by atoms with Crippen LogP contribution in [0.15, 0.2) is 53.5 Å². The maximum atomic E-state index is 5.59. The van der Waals surface area contributed by atoms with E-state index < -0.39 is 0 Å². The number of nitrogens with two attached hydrogens (primary N) is 1. The first-order chi connectivity index (χ1) is 9.80. The molecule has 5 heteroatoms. The number of hydrogen-bond donors (Lipinski definition) is 2. The lowest BCUT2D eigenvalue weighted by Crippen LogP contribution is -2.31. The minimum Gasteiger partial charge on any atom is -0.493 e. The van der Waals surface area contributed by atoms with E-state index in [0.717, 1.165) is 11.3 Å². The van der Waals surface area contributed by atoms with Gasteiger partial charge in [0.05, 0.1) is 25.5 Å². The highest BCUT2D eigenvalue weighted by molar-refractivity contribution is 6.02. The van der Waals surface area contributed by atoms with Gasteiger partial charge in [0, 0.05) is 0 Å². The van der Waals surface area contributed by atoms with Gasteiger partial charge in [-0.1, -0.05) is 24.3 Å². The van der Waals surface area contributed by atoms with Crippen molar-refractivity contribution in [2.24, 2.45) is 10.8 Å². The highest BCUT2D eigenvalue weighted by atomic mass is 16.5. The molecule has 104 valence electrons. The number of nitrogens with zero attached hydrogens (tertiary/aromatic N) is 1. The second kappa shape index (κ2) is 6.58. The summed E-state index contributed by atoms with van der Waals surface area (Å²) in [5.74, 6) is 7.31. The molecule has 0 saturated carbocycles. The minimum absolute atomic E-state index is 0.506. The van der Waals surface area contributed by atoms with Crippen molar-refractivity contribution in [3.05, 3.63) is 54.1 Å². The van der Waals surface area contributed by atoms with Crippen molar-refractivity contribution in [2.45, 2.75) is 0 Å². The Labute approximate surface area is 118 Å². The zero-order chi connectivity index (χ0) is 14.4. The molecular formula is C15H17N3O2. The molecule has 0 aliphatic heterocycles. The molecule has 0 amide bonds. The van der Waals surface area contributed by atoms with Crippen LogP contribution in [0.2, 0.25) is 0 Å². The molecule has 0 bridgehead atoms. The molecule has 3 N–H and O–H groups in total. The first kappa shape index (κ1) is 13.9. The van der Waals surface area contributed by atoms with Crippen LogP contribution in [0.1, 0.15) is 5.56 Å². The van der Waals surface area contributed by atoms with Crippen molar-refractivity contribution in [2.75, 3.05) is 14.2 Å². The number of hydrogen-bond acceptors (Lipinski definition) is 4. The summed E-state index contributed by atoms with van der Waals surface area (Å²) in [5.41, 5.74) is 4.14. The van der Waals surface area contributed by atoms with Crippen molar-refractivity contribution in [1.82, 2.24) is 5.43 Å². The van der Waals surface area contributed by atoms with Crippen LogP contribution in [0.5, 0.6) is 11.5 Å². The van der Waals surface area contributed by atoms with Crippen LogP contribution in [0.25, 0.3) is 0 Å². The summed E-state index contributed by atoms with van der Waals surface area (Å²) in [6.45, 7) is 0. The molecule has 0 aromatic heterocycles. The van der Waals surface area contributed by atoms with E-state index in [2.05, 4.69) is 10.4 Å². The van der Waals surface area contributed by atoms with Crippen LogP contribution in [-0.2, 0) is 0 Å². The van der Waals surface area contributed by atoms with Gasteiger partial charge in [-0.2, -0.15) is 0 Å². The lowest BCUT2D eigenvalue weighted by atomic mass is 10.1. The molecule has 0 fully saturated rings. The van der Waals surface area contributed by atoms with Gasteiger partial charge in [0.1, 0.15) is 0 Å². The van der Waals surface area contributed by atoms with Crippen LogP contribution in [0, 0.1) is 0 Å². The van der Waals surface area contributed by atoms with Crippen LogP contribution < -0.4 is 20.7 Å². The molecule has 0 aliphatic rings. The van der Waals surface area contributed by atoms with Crippen LogP contribution >= 0.6 is 0 Å². The lowest BCUT2D eigenvalue weighted by Gasteiger charge is -2.13. The Bertz CT molecular complexity index is 597. The molecule has 0 unspecified atom stereocenters. The molecule has 2 aromatic rings.